The maximum atomic E-state index is 13.4. The fourth-order valence-corrected chi connectivity index (χ4v) is 1.97. The number of ether oxygens (including phenoxy) is 1. The van der Waals surface area contributed by atoms with E-state index in [1.807, 2.05) is 0 Å². The van der Waals surface area contributed by atoms with Crippen molar-refractivity contribution in [2.24, 2.45) is 0 Å². The lowest BCUT2D eigenvalue weighted by Crippen LogP contribution is -1.92. The Morgan fingerprint density at radius 3 is 2.71 bits per heavy atom. The molecule has 0 atom stereocenters. The second-order valence-electron chi connectivity index (χ2n) is 3.98. The smallest absolute Gasteiger partial charge is 0.301 e. The Kier molecular flexibility index (Phi) is 3.26. The van der Waals surface area contributed by atoms with Crippen LogP contribution in [0.15, 0.2) is 39.4 Å². The molecule has 0 saturated carbocycles. The minimum atomic E-state index is -0.602. The molecular weight excluding hydrogens is 349 g/mol. The van der Waals surface area contributed by atoms with Crippen LogP contribution in [0.5, 0.6) is 11.5 Å². The van der Waals surface area contributed by atoms with Crippen molar-refractivity contribution in [2.75, 3.05) is 0 Å². The van der Waals surface area contributed by atoms with Gasteiger partial charge in [0, 0.05) is 12.1 Å². The number of halogens is 2. The van der Waals surface area contributed by atoms with E-state index in [0.29, 0.717) is 4.47 Å². The van der Waals surface area contributed by atoms with E-state index >= 15 is 0 Å². The summed E-state index contributed by atoms with van der Waals surface area (Å²) >= 11 is 3.03. The summed E-state index contributed by atoms with van der Waals surface area (Å²) in [6.07, 6.45) is 0. The molecule has 0 aliphatic carbocycles. The summed E-state index contributed by atoms with van der Waals surface area (Å²) in [5.41, 5.74) is -0.191. The molecule has 0 fully saturated rings. The van der Waals surface area contributed by atoms with E-state index in [0.717, 1.165) is 0 Å². The molecule has 0 unspecified atom stereocenters. The Hall–Kier alpha value is -2.55. The summed E-state index contributed by atoms with van der Waals surface area (Å²) in [6.45, 7) is 0. The number of non-ortho nitro benzene ring substituents is 1. The van der Waals surface area contributed by atoms with Crippen LogP contribution >= 0.6 is 15.9 Å². The Bertz CT molecular complexity index is 852. The number of nitrogens with zero attached hydrogens (tertiary/aromatic N) is 3. The van der Waals surface area contributed by atoms with Gasteiger partial charge in [0.2, 0.25) is 5.52 Å². The van der Waals surface area contributed by atoms with Gasteiger partial charge in [0.25, 0.3) is 0 Å². The van der Waals surface area contributed by atoms with Gasteiger partial charge in [0.05, 0.1) is 9.40 Å². The third kappa shape index (κ3) is 2.42. The Morgan fingerprint density at radius 1 is 1.24 bits per heavy atom. The topological polar surface area (TPSA) is 91.3 Å². The Labute approximate surface area is 124 Å². The lowest BCUT2D eigenvalue weighted by molar-refractivity contribution is -0.383. The highest BCUT2D eigenvalue weighted by Gasteiger charge is 2.20. The van der Waals surface area contributed by atoms with Gasteiger partial charge >= 0.3 is 5.69 Å². The van der Waals surface area contributed by atoms with Crippen molar-refractivity contribution < 1.29 is 18.7 Å². The third-order valence-electron chi connectivity index (χ3n) is 2.67. The number of hydrogen-bond acceptors (Lipinski definition) is 6. The van der Waals surface area contributed by atoms with Crippen LogP contribution in [0.3, 0.4) is 0 Å². The first kappa shape index (κ1) is 13.4. The molecule has 9 heteroatoms. The van der Waals surface area contributed by atoms with Gasteiger partial charge < -0.3 is 4.74 Å². The zero-order valence-electron chi connectivity index (χ0n) is 10.1. The fourth-order valence-electron chi connectivity index (χ4n) is 1.73. The molecule has 3 rings (SSSR count). The molecule has 3 aromatic rings. The van der Waals surface area contributed by atoms with Crippen LogP contribution in [0.1, 0.15) is 0 Å². The first-order valence-corrected chi connectivity index (χ1v) is 6.38. The predicted octanol–water partition coefficient (Wildman–Crippen LogP) is 3.82. The van der Waals surface area contributed by atoms with E-state index in [1.54, 1.807) is 0 Å². The molecular formula is C12H5BrFN3O4. The highest BCUT2D eigenvalue weighted by Crippen LogP contribution is 2.33. The molecule has 0 radical (unpaired) electrons. The monoisotopic (exact) mass is 353 g/mol. The van der Waals surface area contributed by atoms with Gasteiger partial charge in [-0.2, -0.15) is 0 Å². The van der Waals surface area contributed by atoms with Crippen molar-refractivity contribution in [3.05, 3.63) is 50.7 Å². The standard InChI is InChI=1S/C12H5BrFN3O4/c13-7-2-1-6(5-8(7)14)20-10-4-3-9(17(18)19)11-12(10)16-21-15-11/h1-5H. The Morgan fingerprint density at radius 2 is 2.00 bits per heavy atom. The lowest BCUT2D eigenvalue weighted by Gasteiger charge is -2.06. The molecule has 7 nitrogen and oxygen atoms in total. The SMILES string of the molecule is O=[N+]([O-])c1ccc(Oc2ccc(Br)c(F)c2)c2nonc12. The highest BCUT2D eigenvalue weighted by molar-refractivity contribution is 9.10. The normalized spacial score (nSPS) is 10.8. The molecule has 0 saturated heterocycles. The molecule has 0 aliphatic rings. The van der Waals surface area contributed by atoms with Crippen LogP contribution in [0.4, 0.5) is 10.1 Å². The van der Waals surface area contributed by atoms with Gasteiger partial charge in [-0.25, -0.2) is 9.02 Å². The molecule has 1 heterocycles. The van der Waals surface area contributed by atoms with Crippen LogP contribution in [0, 0.1) is 15.9 Å². The number of aromatic nitrogens is 2. The van der Waals surface area contributed by atoms with E-state index in [9.17, 15) is 14.5 Å². The molecule has 0 N–H and O–H groups in total. The maximum absolute atomic E-state index is 13.4. The first-order valence-electron chi connectivity index (χ1n) is 5.59. The molecule has 1 aromatic heterocycles. The highest BCUT2D eigenvalue weighted by atomic mass is 79.9. The summed E-state index contributed by atoms with van der Waals surface area (Å²) in [5.74, 6) is -0.101. The number of benzene rings is 2. The quantitative estimate of drug-likeness (QED) is 0.524. The second kappa shape index (κ2) is 5.09. The van der Waals surface area contributed by atoms with Gasteiger partial charge in [-0.05, 0) is 44.4 Å². The van der Waals surface area contributed by atoms with Crippen molar-refractivity contribution in [3.63, 3.8) is 0 Å². The van der Waals surface area contributed by atoms with Gasteiger partial charge in [-0.1, -0.05) is 0 Å². The number of rotatable bonds is 3. The summed E-state index contributed by atoms with van der Waals surface area (Å²) in [6, 6.07) is 6.76. The van der Waals surface area contributed by atoms with E-state index < -0.39 is 10.7 Å². The second-order valence-corrected chi connectivity index (χ2v) is 4.83. The first-order chi connectivity index (χ1) is 10.1. The number of fused-ring (bicyclic) bond motifs is 1. The van der Waals surface area contributed by atoms with Crippen molar-refractivity contribution in [3.8, 4) is 11.5 Å². The summed E-state index contributed by atoms with van der Waals surface area (Å²) < 4.78 is 23.7. The van der Waals surface area contributed by atoms with Crippen molar-refractivity contribution >= 4 is 32.7 Å². The van der Waals surface area contributed by atoms with Crippen molar-refractivity contribution in [1.29, 1.82) is 0 Å². The van der Waals surface area contributed by atoms with Gasteiger partial charge in [-0.3, -0.25) is 10.1 Å². The van der Waals surface area contributed by atoms with E-state index in [-0.39, 0.29) is 28.2 Å². The van der Waals surface area contributed by atoms with Gasteiger partial charge in [0.15, 0.2) is 11.3 Å². The zero-order valence-corrected chi connectivity index (χ0v) is 11.7. The largest absolute Gasteiger partial charge is 0.455 e. The van der Waals surface area contributed by atoms with E-state index in [1.165, 1.54) is 30.3 Å². The van der Waals surface area contributed by atoms with Crippen LogP contribution in [-0.4, -0.2) is 15.2 Å². The van der Waals surface area contributed by atoms with Crippen LogP contribution < -0.4 is 4.74 Å². The molecule has 106 valence electrons. The Balaban J connectivity index is 2.05. The van der Waals surface area contributed by atoms with Crippen LogP contribution in [-0.2, 0) is 0 Å². The van der Waals surface area contributed by atoms with Gasteiger partial charge in [0.1, 0.15) is 11.6 Å². The minimum Gasteiger partial charge on any atom is -0.455 e. The number of hydrogen-bond donors (Lipinski definition) is 0. The van der Waals surface area contributed by atoms with Crippen LogP contribution in [0.25, 0.3) is 11.0 Å². The molecule has 0 spiro atoms. The van der Waals surface area contributed by atoms with Crippen molar-refractivity contribution in [2.45, 2.75) is 0 Å². The van der Waals surface area contributed by atoms with E-state index in [2.05, 4.69) is 30.9 Å². The number of nitro benzene ring substituents is 1. The third-order valence-corrected chi connectivity index (χ3v) is 3.32. The summed E-state index contributed by atoms with van der Waals surface area (Å²) in [4.78, 5) is 10.3. The molecule has 2 aromatic carbocycles. The summed E-state index contributed by atoms with van der Waals surface area (Å²) in [7, 11) is 0. The average molecular weight is 354 g/mol. The number of nitro groups is 1. The molecule has 0 aliphatic heterocycles. The zero-order chi connectivity index (χ0) is 15.0. The minimum absolute atomic E-state index is 0.0323. The molecule has 0 amide bonds. The van der Waals surface area contributed by atoms with Gasteiger partial charge in [-0.15, -0.1) is 0 Å². The fraction of sp³-hybridized carbons (Fsp3) is 0. The average Bonchev–Trinajstić information content (AvgIpc) is 2.92. The molecule has 0 bridgehead atoms. The molecule has 21 heavy (non-hydrogen) atoms. The van der Waals surface area contributed by atoms with E-state index in [4.69, 9.17) is 4.74 Å². The summed E-state index contributed by atoms with van der Waals surface area (Å²) in [5, 5.41) is 17.9. The van der Waals surface area contributed by atoms with Crippen LogP contribution in [0.2, 0.25) is 0 Å². The lowest BCUT2D eigenvalue weighted by atomic mass is 10.2. The van der Waals surface area contributed by atoms with Crippen molar-refractivity contribution in [1.82, 2.24) is 10.3 Å². The predicted molar refractivity (Wildman–Crippen MR) is 72.6 cm³/mol. The maximum Gasteiger partial charge on any atom is 0.301 e.